The largest absolute Gasteiger partial charge is 0.354 e. The van der Waals surface area contributed by atoms with Crippen molar-refractivity contribution >= 4 is 21.7 Å². The van der Waals surface area contributed by atoms with E-state index in [0.717, 1.165) is 16.8 Å². The monoisotopic (exact) mass is 302 g/mol. The Kier molecular flexibility index (Phi) is 3.90. The molecule has 0 N–H and O–H groups in total. The van der Waals surface area contributed by atoms with E-state index in [1.165, 1.54) is 11.8 Å². The van der Waals surface area contributed by atoms with Crippen LogP contribution < -0.4 is 4.90 Å². The van der Waals surface area contributed by atoms with Gasteiger partial charge in [-0.2, -0.15) is 5.26 Å². The molecule has 4 nitrogen and oxygen atoms in total. The summed E-state index contributed by atoms with van der Waals surface area (Å²) in [5.41, 5.74) is 1.52. The van der Waals surface area contributed by atoms with E-state index in [1.807, 2.05) is 30.1 Å². The highest BCUT2D eigenvalue weighted by Crippen LogP contribution is 2.14. The van der Waals surface area contributed by atoms with Crippen molar-refractivity contribution in [3.63, 3.8) is 0 Å². The van der Waals surface area contributed by atoms with Crippen LogP contribution in [0.25, 0.3) is 0 Å². The Morgan fingerprint density at radius 1 is 1.22 bits per heavy atom. The number of hydrogen-bond acceptors (Lipinski definition) is 4. The fourth-order valence-electron chi connectivity index (χ4n) is 1.52. The first-order chi connectivity index (χ1) is 8.69. The molecule has 0 spiro atoms. The summed E-state index contributed by atoms with van der Waals surface area (Å²) in [5.74, 6) is 0.747. The first-order valence-electron chi connectivity index (χ1n) is 5.37. The molecule has 0 saturated carbocycles. The maximum Gasteiger partial charge on any atom is 0.158 e. The summed E-state index contributed by atoms with van der Waals surface area (Å²) in [4.78, 5) is 10.2. The molecule has 0 saturated heterocycles. The van der Waals surface area contributed by atoms with Gasteiger partial charge in [0, 0.05) is 18.1 Å². The van der Waals surface area contributed by atoms with E-state index in [1.54, 1.807) is 6.20 Å². The van der Waals surface area contributed by atoms with Crippen LogP contribution in [0, 0.1) is 11.3 Å². The highest BCUT2D eigenvalue weighted by atomic mass is 79.9. The van der Waals surface area contributed by atoms with Gasteiger partial charge in [-0.15, -0.1) is 0 Å². The molecule has 0 aliphatic heterocycles. The van der Waals surface area contributed by atoms with Crippen molar-refractivity contribution in [3.05, 3.63) is 52.4 Å². The zero-order valence-corrected chi connectivity index (χ0v) is 11.4. The van der Waals surface area contributed by atoms with Crippen LogP contribution in [0.3, 0.4) is 0 Å². The normalized spacial score (nSPS) is 9.83. The van der Waals surface area contributed by atoms with Crippen LogP contribution in [0.1, 0.15) is 11.3 Å². The van der Waals surface area contributed by atoms with Crippen LogP contribution in [0.5, 0.6) is 0 Å². The van der Waals surface area contributed by atoms with Gasteiger partial charge in [0.15, 0.2) is 5.69 Å². The Morgan fingerprint density at radius 2 is 1.94 bits per heavy atom. The number of rotatable bonds is 3. The average Bonchev–Trinajstić information content (AvgIpc) is 2.41. The van der Waals surface area contributed by atoms with Crippen LogP contribution in [0.4, 0.5) is 5.82 Å². The van der Waals surface area contributed by atoms with Gasteiger partial charge in [-0.1, -0.05) is 28.1 Å². The molecule has 5 heteroatoms. The van der Waals surface area contributed by atoms with Crippen LogP contribution >= 0.6 is 15.9 Å². The zero-order chi connectivity index (χ0) is 13.0. The molecule has 0 aliphatic carbocycles. The van der Waals surface area contributed by atoms with E-state index in [4.69, 9.17) is 5.26 Å². The van der Waals surface area contributed by atoms with Gasteiger partial charge in [0.1, 0.15) is 11.9 Å². The quantitative estimate of drug-likeness (QED) is 0.875. The summed E-state index contributed by atoms with van der Waals surface area (Å²) in [7, 11) is 1.94. The van der Waals surface area contributed by atoms with E-state index in [2.05, 4.69) is 38.0 Å². The van der Waals surface area contributed by atoms with Crippen molar-refractivity contribution in [2.24, 2.45) is 0 Å². The highest BCUT2D eigenvalue weighted by Gasteiger charge is 2.04. The molecule has 1 aromatic heterocycles. The Balaban J connectivity index is 2.09. The van der Waals surface area contributed by atoms with Crippen molar-refractivity contribution in [3.8, 4) is 6.07 Å². The Bertz CT molecular complexity index is 557. The molecule has 1 aromatic carbocycles. The standard InChI is InChI=1S/C13H11BrN4/c1-18(9-10-2-4-11(14)5-3-10)13-8-16-12(6-15)7-17-13/h2-5,7-8H,9H2,1H3. The summed E-state index contributed by atoms with van der Waals surface area (Å²) < 4.78 is 1.06. The molecule has 1 heterocycles. The third-order valence-corrected chi connectivity index (χ3v) is 3.01. The van der Waals surface area contributed by atoms with Gasteiger partial charge >= 0.3 is 0 Å². The van der Waals surface area contributed by atoms with Gasteiger partial charge in [0.2, 0.25) is 0 Å². The Labute approximate surface area is 114 Å². The SMILES string of the molecule is CN(Cc1ccc(Br)cc1)c1cnc(C#N)cn1. The second-order valence-corrected chi connectivity index (χ2v) is 4.77. The molecule has 0 bridgehead atoms. The predicted molar refractivity (Wildman–Crippen MR) is 73.0 cm³/mol. The van der Waals surface area contributed by atoms with E-state index < -0.39 is 0 Å². The summed E-state index contributed by atoms with van der Waals surface area (Å²) in [6.45, 7) is 0.744. The van der Waals surface area contributed by atoms with Crippen molar-refractivity contribution in [2.75, 3.05) is 11.9 Å². The first kappa shape index (κ1) is 12.5. The minimum absolute atomic E-state index is 0.329. The third kappa shape index (κ3) is 3.05. The number of nitrogens with zero attached hydrogens (tertiary/aromatic N) is 4. The molecular formula is C13H11BrN4. The average molecular weight is 303 g/mol. The third-order valence-electron chi connectivity index (χ3n) is 2.48. The van der Waals surface area contributed by atoms with Crippen molar-refractivity contribution in [1.82, 2.24) is 9.97 Å². The smallest absolute Gasteiger partial charge is 0.158 e. The lowest BCUT2D eigenvalue weighted by molar-refractivity contribution is 0.888. The predicted octanol–water partition coefficient (Wildman–Crippen LogP) is 2.75. The number of halogens is 1. The van der Waals surface area contributed by atoms with Gasteiger partial charge in [-0.3, -0.25) is 0 Å². The molecule has 0 atom stereocenters. The molecular weight excluding hydrogens is 292 g/mol. The number of aromatic nitrogens is 2. The van der Waals surface area contributed by atoms with Crippen molar-refractivity contribution in [1.29, 1.82) is 5.26 Å². The molecule has 2 aromatic rings. The van der Waals surface area contributed by atoms with Crippen LogP contribution in [0.2, 0.25) is 0 Å². The first-order valence-corrected chi connectivity index (χ1v) is 6.16. The van der Waals surface area contributed by atoms with Crippen LogP contribution in [-0.2, 0) is 6.54 Å². The molecule has 0 aliphatic rings. The summed E-state index contributed by atoms with van der Waals surface area (Å²) in [6.07, 6.45) is 3.09. The number of anilines is 1. The second kappa shape index (κ2) is 5.61. The minimum atomic E-state index is 0.329. The lowest BCUT2D eigenvalue weighted by Gasteiger charge is -2.17. The van der Waals surface area contributed by atoms with E-state index in [-0.39, 0.29) is 0 Å². The van der Waals surface area contributed by atoms with Crippen LogP contribution in [-0.4, -0.2) is 17.0 Å². The summed E-state index contributed by atoms with van der Waals surface area (Å²) in [5, 5.41) is 8.66. The van der Waals surface area contributed by atoms with E-state index >= 15 is 0 Å². The zero-order valence-electron chi connectivity index (χ0n) is 9.84. The molecule has 0 fully saturated rings. The molecule has 90 valence electrons. The lowest BCUT2D eigenvalue weighted by Crippen LogP contribution is -2.17. The van der Waals surface area contributed by atoms with Gasteiger partial charge in [0.25, 0.3) is 0 Å². The molecule has 0 radical (unpaired) electrons. The van der Waals surface area contributed by atoms with Crippen molar-refractivity contribution in [2.45, 2.75) is 6.54 Å². The number of benzene rings is 1. The number of nitriles is 1. The van der Waals surface area contributed by atoms with Gasteiger partial charge in [-0.25, -0.2) is 9.97 Å². The topological polar surface area (TPSA) is 52.8 Å². The second-order valence-electron chi connectivity index (χ2n) is 3.85. The maximum atomic E-state index is 8.66. The van der Waals surface area contributed by atoms with Crippen LogP contribution in [0.15, 0.2) is 41.1 Å². The van der Waals surface area contributed by atoms with Gasteiger partial charge in [0.05, 0.1) is 12.4 Å². The lowest BCUT2D eigenvalue weighted by atomic mass is 10.2. The van der Waals surface area contributed by atoms with E-state index in [0.29, 0.717) is 5.69 Å². The molecule has 18 heavy (non-hydrogen) atoms. The highest BCUT2D eigenvalue weighted by molar-refractivity contribution is 9.10. The molecule has 2 rings (SSSR count). The molecule has 0 amide bonds. The van der Waals surface area contributed by atoms with E-state index in [9.17, 15) is 0 Å². The fourth-order valence-corrected chi connectivity index (χ4v) is 1.79. The van der Waals surface area contributed by atoms with Crippen molar-refractivity contribution < 1.29 is 0 Å². The molecule has 0 unspecified atom stereocenters. The van der Waals surface area contributed by atoms with Gasteiger partial charge in [-0.05, 0) is 17.7 Å². The summed E-state index contributed by atoms with van der Waals surface area (Å²) >= 11 is 3.41. The Hall–Kier alpha value is -1.93. The summed E-state index contributed by atoms with van der Waals surface area (Å²) in [6, 6.07) is 10.1. The number of hydrogen-bond donors (Lipinski definition) is 0. The fraction of sp³-hybridized carbons (Fsp3) is 0.154. The maximum absolute atomic E-state index is 8.66. The van der Waals surface area contributed by atoms with Gasteiger partial charge < -0.3 is 4.90 Å². The minimum Gasteiger partial charge on any atom is -0.354 e. The Morgan fingerprint density at radius 3 is 2.50 bits per heavy atom.